The molecule has 14 nitrogen and oxygen atoms in total. The number of aliphatic carboxylic acids is 4. The molecule has 0 amide bonds. The highest BCUT2D eigenvalue weighted by atomic mass is 16.4. The molecular formula is C25H41N5O9. The van der Waals surface area contributed by atoms with Gasteiger partial charge in [-0.05, 0) is 43.4 Å². The molecule has 1 aromatic carbocycles. The average Bonchev–Trinajstić information content (AvgIpc) is 3.55. The quantitative estimate of drug-likeness (QED) is 0.192. The standard InChI is InChI=1S/C11H12N2O2.C6H13NO2.C5H9NO2.C3H7NO3/c12-9(11(14)15)5-7-6-13-10-4-2-1-3-8(7)10;1-4(2)3-5(7)6(8)9;7-5(8)4-2-1-3-6-4;4-2(1-5)3(6)7/h1-4,6,9,13H,5,12H2,(H,14,15);4-5H,3,7H2,1-2H3,(H,8,9);4,6H,1-3H2,(H,7,8);2,5H,1,4H2,(H,6,7)/t9-;5-;4-;2-/m0000/s1. The van der Waals surface area contributed by atoms with Crippen LogP contribution in [0.15, 0.2) is 30.5 Å². The average molecular weight is 556 g/mol. The Bertz CT molecular complexity index is 1040. The second-order valence-electron chi connectivity index (χ2n) is 9.20. The molecule has 220 valence electrons. The number of nitrogens with one attached hydrogen (secondary N) is 2. The van der Waals surface area contributed by atoms with E-state index in [0.717, 1.165) is 35.9 Å². The molecule has 0 saturated carbocycles. The van der Waals surface area contributed by atoms with Crippen LogP contribution < -0.4 is 22.5 Å². The number of carboxylic acid groups (broad SMARTS) is 4. The molecule has 0 radical (unpaired) electrons. The molecule has 1 saturated heterocycles. The number of para-hydroxylation sites is 1. The lowest BCUT2D eigenvalue weighted by atomic mass is 10.1. The minimum absolute atomic E-state index is 0.269. The Labute approximate surface area is 226 Å². The predicted molar refractivity (Wildman–Crippen MR) is 144 cm³/mol. The van der Waals surface area contributed by atoms with Gasteiger partial charge < -0.3 is 53.0 Å². The number of nitrogens with two attached hydrogens (primary N) is 3. The number of H-pyrrole nitrogens is 1. The van der Waals surface area contributed by atoms with Crippen molar-refractivity contribution >= 4 is 34.8 Å². The van der Waals surface area contributed by atoms with Crippen LogP contribution in [0.4, 0.5) is 0 Å². The van der Waals surface area contributed by atoms with Crippen LogP contribution in [-0.4, -0.2) is 91.7 Å². The minimum Gasteiger partial charge on any atom is -0.480 e. The highest BCUT2D eigenvalue weighted by molar-refractivity contribution is 5.84. The number of benzene rings is 1. The Balaban J connectivity index is 0.000000524. The van der Waals surface area contributed by atoms with E-state index in [9.17, 15) is 19.2 Å². The molecule has 39 heavy (non-hydrogen) atoms. The molecule has 13 N–H and O–H groups in total. The number of hydrogen-bond acceptors (Lipinski definition) is 9. The van der Waals surface area contributed by atoms with E-state index in [1.165, 1.54) is 0 Å². The van der Waals surface area contributed by atoms with Gasteiger partial charge in [0.15, 0.2) is 0 Å². The largest absolute Gasteiger partial charge is 0.480 e. The van der Waals surface area contributed by atoms with Gasteiger partial charge in [0.1, 0.15) is 24.2 Å². The van der Waals surface area contributed by atoms with E-state index in [4.69, 9.17) is 42.7 Å². The summed E-state index contributed by atoms with van der Waals surface area (Å²) < 4.78 is 0. The van der Waals surface area contributed by atoms with Crippen molar-refractivity contribution in [3.8, 4) is 0 Å². The van der Waals surface area contributed by atoms with Crippen LogP contribution in [-0.2, 0) is 25.6 Å². The van der Waals surface area contributed by atoms with E-state index in [0.29, 0.717) is 18.8 Å². The maximum atomic E-state index is 10.6. The molecule has 2 aromatic rings. The number of aliphatic hydroxyl groups excluding tert-OH is 1. The van der Waals surface area contributed by atoms with Gasteiger partial charge in [0.25, 0.3) is 0 Å². The van der Waals surface area contributed by atoms with Gasteiger partial charge in [-0.25, -0.2) is 0 Å². The fourth-order valence-corrected chi connectivity index (χ4v) is 3.21. The minimum atomic E-state index is -1.18. The van der Waals surface area contributed by atoms with E-state index < -0.39 is 48.6 Å². The van der Waals surface area contributed by atoms with E-state index in [1.807, 2.05) is 44.3 Å². The summed E-state index contributed by atoms with van der Waals surface area (Å²) in [5, 5.41) is 45.2. The van der Waals surface area contributed by atoms with Crippen molar-refractivity contribution < 1.29 is 44.7 Å². The maximum Gasteiger partial charge on any atom is 0.322 e. The van der Waals surface area contributed by atoms with E-state index in [2.05, 4.69) is 10.3 Å². The van der Waals surface area contributed by atoms with Gasteiger partial charge in [0.2, 0.25) is 0 Å². The first-order valence-electron chi connectivity index (χ1n) is 12.3. The molecule has 1 fully saturated rings. The maximum absolute atomic E-state index is 10.6. The van der Waals surface area contributed by atoms with Gasteiger partial charge in [0.05, 0.1) is 6.61 Å². The van der Waals surface area contributed by atoms with Crippen molar-refractivity contribution in [2.24, 2.45) is 23.1 Å². The number of aromatic nitrogens is 1. The summed E-state index contributed by atoms with van der Waals surface area (Å²) in [6.07, 6.45) is 4.49. The third kappa shape index (κ3) is 14.8. The zero-order chi connectivity index (χ0) is 30.1. The van der Waals surface area contributed by atoms with Crippen LogP contribution >= 0.6 is 0 Å². The fourth-order valence-electron chi connectivity index (χ4n) is 3.21. The summed E-state index contributed by atoms with van der Waals surface area (Å²) in [5.41, 5.74) is 17.4. The first-order chi connectivity index (χ1) is 18.2. The van der Waals surface area contributed by atoms with Crippen molar-refractivity contribution in [2.75, 3.05) is 13.2 Å². The molecule has 0 bridgehead atoms. The summed E-state index contributed by atoms with van der Waals surface area (Å²) >= 11 is 0. The first kappa shape index (κ1) is 35.4. The third-order valence-corrected chi connectivity index (χ3v) is 5.35. The fraction of sp³-hybridized carbons (Fsp3) is 0.520. The normalized spacial score (nSPS) is 16.3. The number of aliphatic hydroxyl groups is 1. The molecular weight excluding hydrogens is 514 g/mol. The summed E-state index contributed by atoms with van der Waals surface area (Å²) in [6.45, 7) is 4.25. The van der Waals surface area contributed by atoms with Gasteiger partial charge in [-0.2, -0.15) is 0 Å². The number of fused-ring (bicyclic) bond motifs is 1. The zero-order valence-electron chi connectivity index (χ0n) is 22.1. The molecule has 4 atom stereocenters. The van der Waals surface area contributed by atoms with E-state index >= 15 is 0 Å². The molecule has 0 aliphatic carbocycles. The molecule has 1 aromatic heterocycles. The second-order valence-corrected chi connectivity index (χ2v) is 9.20. The molecule has 14 heteroatoms. The number of aromatic amines is 1. The molecule has 3 rings (SSSR count). The van der Waals surface area contributed by atoms with E-state index in [-0.39, 0.29) is 6.04 Å². The monoisotopic (exact) mass is 555 g/mol. The van der Waals surface area contributed by atoms with Crippen LogP contribution in [0, 0.1) is 5.92 Å². The molecule has 1 aliphatic heterocycles. The number of carboxylic acids is 4. The Kier molecular flexibility index (Phi) is 16.9. The van der Waals surface area contributed by atoms with Gasteiger partial charge in [0, 0.05) is 23.5 Å². The highest BCUT2D eigenvalue weighted by Crippen LogP contribution is 2.18. The SMILES string of the molecule is CC(C)C[C@H](N)C(=O)O.N[C@@H](CO)C(=O)O.N[C@@H](Cc1c[nH]c2ccccc12)C(=O)O.O=C(O)[C@@H]1CCCN1. The Morgan fingerprint density at radius 3 is 1.85 bits per heavy atom. The van der Waals surface area contributed by atoms with Gasteiger partial charge in [-0.1, -0.05) is 32.0 Å². The molecule has 0 unspecified atom stereocenters. The Morgan fingerprint density at radius 2 is 1.49 bits per heavy atom. The van der Waals surface area contributed by atoms with Gasteiger partial charge in [-0.15, -0.1) is 0 Å². The van der Waals surface area contributed by atoms with Crippen LogP contribution in [0.2, 0.25) is 0 Å². The van der Waals surface area contributed by atoms with Gasteiger partial charge in [-0.3, -0.25) is 19.2 Å². The molecule has 2 heterocycles. The summed E-state index contributed by atoms with van der Waals surface area (Å²) in [7, 11) is 0. The predicted octanol–water partition coefficient (Wildman–Crippen LogP) is -0.220. The highest BCUT2D eigenvalue weighted by Gasteiger charge is 2.20. The molecule has 0 spiro atoms. The Morgan fingerprint density at radius 1 is 0.923 bits per heavy atom. The molecule has 1 aliphatic rings. The first-order valence-corrected chi connectivity index (χ1v) is 12.3. The second kappa shape index (κ2) is 18.7. The van der Waals surface area contributed by atoms with Crippen molar-refractivity contribution in [1.29, 1.82) is 0 Å². The van der Waals surface area contributed by atoms with Crippen LogP contribution in [0.5, 0.6) is 0 Å². The lowest BCUT2D eigenvalue weighted by Crippen LogP contribution is -2.33. The zero-order valence-corrected chi connectivity index (χ0v) is 22.1. The van der Waals surface area contributed by atoms with Crippen molar-refractivity contribution in [1.82, 2.24) is 10.3 Å². The smallest absolute Gasteiger partial charge is 0.322 e. The van der Waals surface area contributed by atoms with Crippen LogP contribution in [0.1, 0.15) is 38.7 Å². The van der Waals surface area contributed by atoms with Crippen molar-refractivity contribution in [2.45, 2.75) is 63.7 Å². The summed E-state index contributed by atoms with van der Waals surface area (Å²) in [5.74, 6) is -3.43. The lowest BCUT2D eigenvalue weighted by Gasteiger charge is -2.07. The summed E-state index contributed by atoms with van der Waals surface area (Å²) in [4.78, 5) is 43.6. The van der Waals surface area contributed by atoms with Crippen LogP contribution in [0.25, 0.3) is 10.9 Å². The van der Waals surface area contributed by atoms with Crippen molar-refractivity contribution in [3.05, 3.63) is 36.0 Å². The Hall–Kier alpha value is -3.56. The van der Waals surface area contributed by atoms with Crippen LogP contribution in [0.3, 0.4) is 0 Å². The number of carbonyl (C=O) groups is 4. The number of rotatable bonds is 9. The van der Waals surface area contributed by atoms with Crippen molar-refractivity contribution in [3.63, 3.8) is 0 Å². The van der Waals surface area contributed by atoms with E-state index in [1.54, 1.807) is 0 Å². The topological polar surface area (TPSA) is 275 Å². The number of hydrogen-bond donors (Lipinski definition) is 10. The lowest BCUT2D eigenvalue weighted by molar-refractivity contribution is -0.140. The summed E-state index contributed by atoms with van der Waals surface area (Å²) in [6, 6.07) is 4.83. The van der Waals surface area contributed by atoms with Gasteiger partial charge >= 0.3 is 23.9 Å². The third-order valence-electron chi connectivity index (χ3n) is 5.35.